The maximum absolute atomic E-state index is 13.2. The van der Waals surface area contributed by atoms with E-state index in [0.29, 0.717) is 18.5 Å². The van der Waals surface area contributed by atoms with Gasteiger partial charge in [0, 0.05) is 24.2 Å². The Morgan fingerprint density at radius 2 is 1.66 bits per heavy atom. The monoisotopic (exact) mass is 603 g/mol. The fraction of sp³-hybridized carbons (Fsp3) is 0.593. The lowest BCUT2D eigenvalue weighted by molar-refractivity contribution is -0.192. The molecule has 0 aliphatic carbocycles. The molecule has 2 aromatic rings. The summed E-state index contributed by atoms with van der Waals surface area (Å²) in [4.78, 5) is 37.8. The van der Waals surface area contributed by atoms with Gasteiger partial charge >= 0.3 is 12.1 Å². The van der Waals surface area contributed by atoms with E-state index in [9.17, 15) is 31.2 Å². The number of carbonyl (C=O) groups excluding carboxylic acids is 1. The van der Waals surface area contributed by atoms with Crippen LogP contribution in [0.3, 0.4) is 0 Å². The van der Waals surface area contributed by atoms with Gasteiger partial charge in [-0.25, -0.2) is 4.79 Å². The van der Waals surface area contributed by atoms with Crippen molar-refractivity contribution in [2.24, 2.45) is 0 Å². The van der Waals surface area contributed by atoms with Crippen molar-refractivity contribution >= 4 is 32.9 Å². The highest BCUT2D eigenvalue weighted by atomic mass is 32.2. The van der Waals surface area contributed by atoms with E-state index in [1.54, 1.807) is 10.6 Å². The molecule has 1 amide bonds. The number of fused-ring (bicyclic) bond motifs is 3. The number of carboxylic acid groups (broad SMARTS) is 1. The molecule has 2 aliphatic rings. The van der Waals surface area contributed by atoms with Crippen molar-refractivity contribution in [1.82, 2.24) is 14.8 Å². The molecule has 2 bridgehead atoms. The number of aliphatic carboxylic acids is 1. The number of nitrogens with zero attached hydrogens (tertiary/aromatic N) is 2. The first-order valence-corrected chi connectivity index (χ1v) is 15.2. The third-order valence-corrected chi connectivity index (χ3v) is 8.29. The summed E-state index contributed by atoms with van der Waals surface area (Å²) in [7, 11) is -3.88. The van der Waals surface area contributed by atoms with Crippen LogP contribution in [0.4, 0.5) is 13.2 Å². The van der Waals surface area contributed by atoms with E-state index in [0.717, 1.165) is 56.0 Å². The van der Waals surface area contributed by atoms with Gasteiger partial charge in [-0.15, -0.1) is 0 Å². The predicted octanol–water partition coefficient (Wildman–Crippen LogP) is 4.00. The van der Waals surface area contributed by atoms with Crippen molar-refractivity contribution < 1.29 is 40.8 Å². The van der Waals surface area contributed by atoms with Crippen molar-refractivity contribution in [1.29, 1.82) is 0 Å². The summed E-state index contributed by atoms with van der Waals surface area (Å²) in [5.41, 5.74) is 0.777. The van der Waals surface area contributed by atoms with Crippen LogP contribution >= 0.6 is 0 Å². The number of para-hydroxylation sites is 1. The topological polar surface area (TPSA) is 146 Å². The Kier molecular flexibility index (Phi) is 10.6. The number of nitrogens with one attached hydrogen (secondary N) is 1. The molecule has 2 fully saturated rings. The smallest absolute Gasteiger partial charge is 0.475 e. The second kappa shape index (κ2) is 13.3. The van der Waals surface area contributed by atoms with E-state index in [-0.39, 0.29) is 34.9 Å². The molecule has 2 aliphatic heterocycles. The predicted molar refractivity (Wildman–Crippen MR) is 147 cm³/mol. The average Bonchev–Trinajstić information content (AvgIpc) is 3.09. The molecule has 1 aromatic carbocycles. The van der Waals surface area contributed by atoms with Crippen molar-refractivity contribution in [3.8, 4) is 0 Å². The number of unbranched alkanes of at least 4 members (excludes halogenated alkanes) is 2. The SMILES string of the molecule is CC(C)n1c(=O)c(C(=O)NC2C[C@H]3CC[C@@H](C2)N3CCCCCS(=O)(=O)O)cc2ccccc21.O=C(O)C(F)(F)F. The summed E-state index contributed by atoms with van der Waals surface area (Å²) in [6, 6.07) is 10.1. The van der Waals surface area contributed by atoms with Crippen molar-refractivity contribution in [3.63, 3.8) is 0 Å². The second-order valence-corrected chi connectivity index (χ2v) is 12.4. The Balaban J connectivity index is 0.000000587. The van der Waals surface area contributed by atoms with Crippen LogP contribution in [-0.2, 0) is 14.9 Å². The van der Waals surface area contributed by atoms with Gasteiger partial charge in [0.25, 0.3) is 21.6 Å². The zero-order valence-electron chi connectivity index (χ0n) is 22.9. The molecule has 10 nitrogen and oxygen atoms in total. The molecule has 3 atom stereocenters. The van der Waals surface area contributed by atoms with Crippen LogP contribution in [0.5, 0.6) is 0 Å². The summed E-state index contributed by atoms with van der Waals surface area (Å²) in [5, 5.41) is 11.2. The number of pyridine rings is 1. The molecule has 4 rings (SSSR count). The van der Waals surface area contributed by atoms with Gasteiger partial charge in [-0.2, -0.15) is 21.6 Å². The zero-order valence-corrected chi connectivity index (χ0v) is 23.7. The number of benzene rings is 1. The standard InChI is InChI=1S/C25H35N3O5S.C2HF3O2/c1-17(2)28-23-9-5-4-8-18(23)14-22(25(28)30)24(29)26-19-15-20-10-11-21(16-19)27(20)12-6-3-7-13-34(31,32)33;3-2(4,5)1(6)7/h4-5,8-9,14,17,19-21H,3,6-7,10-13,15-16H2,1-2H3,(H,26,29)(H,31,32,33);(H,6,7)/t19?,20-,21+;. The Bertz CT molecular complexity index is 1400. The minimum atomic E-state index is -5.08. The van der Waals surface area contributed by atoms with E-state index in [2.05, 4.69) is 10.2 Å². The normalized spacial score (nSPS) is 21.0. The van der Waals surface area contributed by atoms with E-state index < -0.39 is 22.3 Å². The molecule has 228 valence electrons. The summed E-state index contributed by atoms with van der Waals surface area (Å²) in [6.07, 6.45) is 0.959. The fourth-order valence-corrected chi connectivity index (χ4v) is 6.31. The maximum Gasteiger partial charge on any atom is 0.490 e. The lowest BCUT2D eigenvalue weighted by atomic mass is 9.96. The third kappa shape index (κ3) is 8.76. The van der Waals surface area contributed by atoms with Crippen LogP contribution in [0.25, 0.3) is 10.9 Å². The molecule has 1 aromatic heterocycles. The Morgan fingerprint density at radius 3 is 2.20 bits per heavy atom. The van der Waals surface area contributed by atoms with Gasteiger partial charge in [-0.05, 0) is 76.4 Å². The number of aromatic nitrogens is 1. The molecule has 14 heteroatoms. The first-order valence-electron chi connectivity index (χ1n) is 13.5. The first kappa shape index (κ1) is 32.5. The summed E-state index contributed by atoms with van der Waals surface area (Å²) < 4.78 is 64.0. The summed E-state index contributed by atoms with van der Waals surface area (Å²) in [5.74, 6) is -3.23. The zero-order chi connectivity index (χ0) is 30.5. The highest BCUT2D eigenvalue weighted by Crippen LogP contribution is 2.36. The first-order chi connectivity index (χ1) is 19.1. The Hall–Kier alpha value is -2.97. The maximum atomic E-state index is 13.2. The highest BCUT2D eigenvalue weighted by molar-refractivity contribution is 7.85. The summed E-state index contributed by atoms with van der Waals surface area (Å²) >= 11 is 0. The van der Waals surface area contributed by atoms with Crippen LogP contribution in [0, 0.1) is 0 Å². The van der Waals surface area contributed by atoms with E-state index in [1.165, 1.54) is 0 Å². The van der Waals surface area contributed by atoms with E-state index >= 15 is 0 Å². The number of alkyl halides is 3. The number of piperidine rings is 1. The van der Waals surface area contributed by atoms with E-state index in [1.807, 2.05) is 38.1 Å². The van der Waals surface area contributed by atoms with Gasteiger partial charge in [0.15, 0.2) is 0 Å². The van der Waals surface area contributed by atoms with Crippen LogP contribution in [0.15, 0.2) is 35.1 Å². The largest absolute Gasteiger partial charge is 0.490 e. The minimum absolute atomic E-state index is 0.0409. The van der Waals surface area contributed by atoms with Crippen LogP contribution < -0.4 is 10.9 Å². The molecule has 2 saturated heterocycles. The van der Waals surface area contributed by atoms with Gasteiger partial charge < -0.3 is 15.0 Å². The highest BCUT2D eigenvalue weighted by Gasteiger charge is 2.41. The fourth-order valence-electron chi connectivity index (χ4n) is 5.74. The third-order valence-electron chi connectivity index (χ3n) is 7.49. The number of amides is 1. The van der Waals surface area contributed by atoms with Gasteiger partial charge in [0.05, 0.1) is 11.3 Å². The molecular weight excluding hydrogens is 567 g/mol. The number of carboxylic acids is 1. The van der Waals surface area contributed by atoms with Crippen molar-refractivity contribution in [2.45, 2.75) is 89.1 Å². The number of halogens is 3. The molecular formula is C27H36F3N3O7S. The van der Waals surface area contributed by atoms with E-state index in [4.69, 9.17) is 14.5 Å². The molecule has 3 N–H and O–H groups in total. The van der Waals surface area contributed by atoms with Crippen LogP contribution in [-0.4, -0.2) is 76.0 Å². The van der Waals surface area contributed by atoms with Gasteiger partial charge in [-0.3, -0.25) is 19.0 Å². The van der Waals surface area contributed by atoms with Gasteiger partial charge in [0.2, 0.25) is 0 Å². The number of rotatable bonds is 9. The average molecular weight is 604 g/mol. The molecule has 0 radical (unpaired) electrons. The Labute approximate surface area is 236 Å². The van der Waals surface area contributed by atoms with Gasteiger partial charge in [-0.1, -0.05) is 24.6 Å². The number of hydrogen-bond acceptors (Lipinski definition) is 6. The lowest BCUT2D eigenvalue weighted by Crippen LogP contribution is -2.51. The molecule has 0 saturated carbocycles. The molecule has 41 heavy (non-hydrogen) atoms. The van der Waals surface area contributed by atoms with Crippen LogP contribution in [0.2, 0.25) is 0 Å². The minimum Gasteiger partial charge on any atom is -0.475 e. The quantitative estimate of drug-likeness (QED) is 0.288. The van der Waals surface area contributed by atoms with Crippen molar-refractivity contribution in [2.75, 3.05) is 12.3 Å². The summed E-state index contributed by atoms with van der Waals surface area (Å²) in [6.45, 7) is 4.81. The second-order valence-electron chi connectivity index (χ2n) is 10.8. The number of hydrogen-bond donors (Lipinski definition) is 3. The number of carbonyl (C=O) groups is 2. The molecule has 0 spiro atoms. The molecule has 1 unspecified atom stereocenters. The van der Waals surface area contributed by atoms with Crippen LogP contribution in [0.1, 0.15) is 75.2 Å². The van der Waals surface area contributed by atoms with Gasteiger partial charge in [0.1, 0.15) is 5.56 Å². The Morgan fingerprint density at radius 1 is 1.07 bits per heavy atom. The lowest BCUT2D eigenvalue weighted by Gasteiger charge is -2.39. The van der Waals surface area contributed by atoms with Crippen molar-refractivity contribution in [3.05, 3.63) is 46.2 Å². The molecule has 3 heterocycles.